The summed E-state index contributed by atoms with van der Waals surface area (Å²) in [6.45, 7) is 0. The highest BCUT2D eigenvalue weighted by molar-refractivity contribution is 6.25. The lowest BCUT2D eigenvalue weighted by Crippen LogP contribution is -1.92. The fourth-order valence-corrected chi connectivity index (χ4v) is 8.07. The quantitative estimate of drug-likeness (QED) is 0.182. The van der Waals surface area contributed by atoms with Gasteiger partial charge < -0.3 is 0 Å². The van der Waals surface area contributed by atoms with Crippen molar-refractivity contribution >= 4 is 81.4 Å². The van der Waals surface area contributed by atoms with E-state index in [1.54, 1.807) is 0 Å². The molecule has 11 rings (SSSR count). The molecule has 0 unspecified atom stereocenters. The second-order valence-electron chi connectivity index (χ2n) is 12.8. The van der Waals surface area contributed by atoms with E-state index < -0.39 is 0 Å². The summed E-state index contributed by atoms with van der Waals surface area (Å²) in [5, 5.41) is 14.0. The van der Waals surface area contributed by atoms with Crippen LogP contribution in [0, 0.1) is 0 Å². The summed E-state index contributed by atoms with van der Waals surface area (Å²) >= 11 is 0. The van der Waals surface area contributed by atoms with Crippen LogP contribution in [-0.2, 0) is 0 Å². The average Bonchev–Trinajstić information content (AvgIpc) is 3.53. The third-order valence-electron chi connectivity index (χ3n) is 10.3. The summed E-state index contributed by atoms with van der Waals surface area (Å²) in [4.78, 5) is 5.08. The molecule has 11 aromatic rings. The number of hydrogen-bond donors (Lipinski definition) is 0. The average molecular weight is 595 g/mol. The van der Waals surface area contributed by atoms with Crippen molar-refractivity contribution < 1.29 is 0 Å². The molecule has 0 saturated carbocycles. The molecule has 0 amide bonds. The number of benzene rings is 9. The molecule has 2 heteroatoms. The Morgan fingerprint density at radius 3 is 1.85 bits per heavy atom. The summed E-state index contributed by atoms with van der Waals surface area (Å²) in [6.07, 6.45) is 0. The standard InChI is InChI=1S/C45H26N2/c1-3-10-41-36(8-1)39-26-33(20-23-38(39)45-46-40-9-2-4-11-42(40)47(41)45)31-14-15-32-25-34(17-16-30(32)24-31)35-21-18-29-13-12-27-6-5-7-28-19-22-37(35)44(29)43(27)28/h1-26H. The SMILES string of the molecule is c1cc2ccc3ccc(-c4ccc5cc(-c6ccc7c(c6)c6ccccc6n6c8ccccc8nc76)ccc5c4)c4ccc(c1)c2c34. The molecule has 0 aliphatic carbocycles. The first kappa shape index (κ1) is 25.0. The van der Waals surface area contributed by atoms with E-state index in [2.05, 4.69) is 162 Å². The van der Waals surface area contributed by atoms with Crippen molar-refractivity contribution in [2.45, 2.75) is 0 Å². The highest BCUT2D eigenvalue weighted by Gasteiger charge is 2.15. The van der Waals surface area contributed by atoms with E-state index in [1.165, 1.54) is 87.0 Å². The van der Waals surface area contributed by atoms with Crippen LogP contribution in [0.15, 0.2) is 158 Å². The van der Waals surface area contributed by atoms with Crippen LogP contribution in [0.5, 0.6) is 0 Å². The van der Waals surface area contributed by atoms with Gasteiger partial charge in [-0.25, -0.2) is 4.98 Å². The highest BCUT2D eigenvalue weighted by atomic mass is 15.0. The van der Waals surface area contributed by atoms with Gasteiger partial charge in [0.05, 0.1) is 16.6 Å². The van der Waals surface area contributed by atoms with Crippen molar-refractivity contribution in [2.75, 3.05) is 0 Å². The molecule has 0 aliphatic rings. The number of fused-ring (bicyclic) bond motifs is 9. The van der Waals surface area contributed by atoms with Crippen molar-refractivity contribution in [3.63, 3.8) is 0 Å². The second-order valence-corrected chi connectivity index (χ2v) is 12.8. The molecule has 2 heterocycles. The summed E-state index contributed by atoms with van der Waals surface area (Å²) in [7, 11) is 0. The molecule has 0 N–H and O–H groups in total. The molecular formula is C45H26N2. The van der Waals surface area contributed by atoms with Gasteiger partial charge in [-0.2, -0.15) is 0 Å². The molecule has 9 aromatic carbocycles. The largest absolute Gasteiger partial charge is 0.292 e. The van der Waals surface area contributed by atoms with E-state index in [0.29, 0.717) is 0 Å². The minimum absolute atomic E-state index is 1.00. The van der Waals surface area contributed by atoms with Crippen LogP contribution in [0.1, 0.15) is 0 Å². The number of para-hydroxylation sites is 3. The molecule has 0 aliphatic heterocycles. The molecule has 216 valence electrons. The topological polar surface area (TPSA) is 17.3 Å². The Balaban J connectivity index is 1.06. The maximum absolute atomic E-state index is 5.08. The maximum atomic E-state index is 5.08. The van der Waals surface area contributed by atoms with Gasteiger partial charge in [-0.1, -0.05) is 115 Å². The predicted octanol–water partition coefficient (Wildman–Crippen LogP) is 12.2. The summed E-state index contributed by atoms with van der Waals surface area (Å²) in [5.41, 5.74) is 9.29. The van der Waals surface area contributed by atoms with E-state index in [4.69, 9.17) is 4.98 Å². The Hall–Kier alpha value is -6.25. The van der Waals surface area contributed by atoms with Gasteiger partial charge in [0.25, 0.3) is 0 Å². The lowest BCUT2D eigenvalue weighted by Gasteiger charge is -2.15. The Morgan fingerprint density at radius 2 is 0.979 bits per heavy atom. The zero-order chi connectivity index (χ0) is 30.6. The van der Waals surface area contributed by atoms with Crippen molar-refractivity contribution in [1.29, 1.82) is 0 Å². The monoisotopic (exact) mass is 594 g/mol. The number of rotatable bonds is 2. The first-order valence-electron chi connectivity index (χ1n) is 16.2. The number of nitrogens with zero attached hydrogens (tertiary/aromatic N) is 2. The molecular weight excluding hydrogens is 569 g/mol. The number of hydrogen-bond acceptors (Lipinski definition) is 1. The van der Waals surface area contributed by atoms with Crippen LogP contribution >= 0.6 is 0 Å². The van der Waals surface area contributed by atoms with E-state index in [1.807, 2.05) is 0 Å². The van der Waals surface area contributed by atoms with Gasteiger partial charge >= 0.3 is 0 Å². The molecule has 0 spiro atoms. The third-order valence-corrected chi connectivity index (χ3v) is 10.3. The predicted molar refractivity (Wildman–Crippen MR) is 200 cm³/mol. The fraction of sp³-hybridized carbons (Fsp3) is 0. The van der Waals surface area contributed by atoms with E-state index in [9.17, 15) is 0 Å². The highest BCUT2D eigenvalue weighted by Crippen LogP contribution is 2.40. The Bertz CT molecular complexity index is 3060. The maximum Gasteiger partial charge on any atom is 0.146 e. The van der Waals surface area contributed by atoms with E-state index >= 15 is 0 Å². The minimum atomic E-state index is 1.00. The zero-order valence-corrected chi connectivity index (χ0v) is 25.4. The molecule has 47 heavy (non-hydrogen) atoms. The molecule has 0 saturated heterocycles. The molecule has 2 aromatic heterocycles. The first-order valence-corrected chi connectivity index (χ1v) is 16.2. The molecule has 0 radical (unpaired) electrons. The minimum Gasteiger partial charge on any atom is -0.292 e. The van der Waals surface area contributed by atoms with Gasteiger partial charge in [0.2, 0.25) is 0 Å². The second kappa shape index (κ2) is 9.15. The Morgan fingerprint density at radius 1 is 0.362 bits per heavy atom. The number of pyridine rings is 1. The van der Waals surface area contributed by atoms with Gasteiger partial charge in [-0.15, -0.1) is 0 Å². The Kier molecular flexibility index (Phi) is 4.87. The number of imidazole rings is 1. The van der Waals surface area contributed by atoms with Crippen LogP contribution in [0.2, 0.25) is 0 Å². The van der Waals surface area contributed by atoms with Gasteiger partial charge in [0.1, 0.15) is 5.65 Å². The van der Waals surface area contributed by atoms with Crippen LogP contribution in [0.25, 0.3) is 104 Å². The van der Waals surface area contributed by atoms with Gasteiger partial charge in [-0.3, -0.25) is 4.40 Å². The van der Waals surface area contributed by atoms with Crippen LogP contribution in [0.3, 0.4) is 0 Å². The lowest BCUT2D eigenvalue weighted by atomic mass is 9.89. The normalized spacial score (nSPS) is 12.3. The van der Waals surface area contributed by atoms with E-state index in [-0.39, 0.29) is 0 Å². The van der Waals surface area contributed by atoms with Crippen molar-refractivity contribution in [3.05, 3.63) is 158 Å². The lowest BCUT2D eigenvalue weighted by molar-refractivity contribution is 1.31. The first-order chi connectivity index (χ1) is 23.3. The summed E-state index contributed by atoms with van der Waals surface area (Å²) in [5.74, 6) is 0. The molecule has 0 fully saturated rings. The smallest absolute Gasteiger partial charge is 0.146 e. The summed E-state index contributed by atoms with van der Waals surface area (Å²) < 4.78 is 2.31. The molecule has 2 nitrogen and oxygen atoms in total. The molecule has 0 bridgehead atoms. The Labute approximate surface area is 270 Å². The van der Waals surface area contributed by atoms with Crippen LogP contribution in [0.4, 0.5) is 0 Å². The van der Waals surface area contributed by atoms with Crippen molar-refractivity contribution in [1.82, 2.24) is 9.38 Å². The third kappa shape index (κ3) is 3.47. The van der Waals surface area contributed by atoms with Gasteiger partial charge in [-0.05, 0) is 113 Å². The molecule has 0 atom stereocenters. The zero-order valence-electron chi connectivity index (χ0n) is 25.4. The van der Waals surface area contributed by atoms with Crippen LogP contribution in [-0.4, -0.2) is 9.38 Å². The van der Waals surface area contributed by atoms with E-state index in [0.717, 1.165) is 16.7 Å². The van der Waals surface area contributed by atoms with Gasteiger partial charge in [0.15, 0.2) is 0 Å². The number of aromatic nitrogens is 2. The van der Waals surface area contributed by atoms with Crippen molar-refractivity contribution in [2.24, 2.45) is 0 Å². The van der Waals surface area contributed by atoms with Gasteiger partial charge in [0, 0.05) is 10.8 Å². The van der Waals surface area contributed by atoms with Crippen LogP contribution < -0.4 is 0 Å². The summed E-state index contributed by atoms with van der Waals surface area (Å²) in [6, 6.07) is 58.0. The fourth-order valence-electron chi connectivity index (χ4n) is 8.07. The van der Waals surface area contributed by atoms with Crippen molar-refractivity contribution in [3.8, 4) is 22.3 Å².